The van der Waals surface area contributed by atoms with Gasteiger partial charge in [-0.15, -0.1) is 5.10 Å². The van der Waals surface area contributed by atoms with Gasteiger partial charge < -0.3 is 14.2 Å². The zero-order valence-electron chi connectivity index (χ0n) is 16.5. The van der Waals surface area contributed by atoms with Crippen LogP contribution in [0.15, 0.2) is 28.8 Å². The number of likely N-dealkylation sites (tertiary alicyclic amines) is 1. The highest BCUT2D eigenvalue weighted by Crippen LogP contribution is 2.32. The molecule has 1 saturated heterocycles. The molecule has 2 aromatic heterocycles. The van der Waals surface area contributed by atoms with Crippen molar-refractivity contribution in [1.29, 1.82) is 0 Å². The molecule has 3 aromatic rings. The predicted octanol–water partition coefficient (Wildman–Crippen LogP) is 2.98. The number of hydrogen-bond acceptors (Lipinski definition) is 7. The lowest BCUT2D eigenvalue weighted by Gasteiger charge is -2.29. The van der Waals surface area contributed by atoms with Crippen LogP contribution in [0.5, 0.6) is 0 Å². The highest BCUT2D eigenvalue weighted by Gasteiger charge is 2.30. The van der Waals surface area contributed by atoms with Gasteiger partial charge in [-0.2, -0.15) is 4.98 Å². The lowest BCUT2D eigenvalue weighted by Crippen LogP contribution is -2.36. The van der Waals surface area contributed by atoms with Crippen molar-refractivity contribution in [3.63, 3.8) is 0 Å². The summed E-state index contributed by atoms with van der Waals surface area (Å²) in [5, 5.41) is 13.4. The first-order valence-corrected chi connectivity index (χ1v) is 10.3. The molecule has 0 aliphatic carbocycles. The average molecular weight is 429 g/mol. The van der Waals surface area contributed by atoms with Gasteiger partial charge in [-0.05, 0) is 30.5 Å². The molecule has 0 unspecified atom stereocenters. The Morgan fingerprint density at radius 3 is 2.70 bits per heavy atom. The van der Waals surface area contributed by atoms with Crippen molar-refractivity contribution < 1.29 is 14.1 Å². The molecule has 0 N–H and O–H groups in total. The molecular formula is C20H21ClN6O3. The van der Waals surface area contributed by atoms with Crippen LogP contribution in [-0.2, 0) is 22.7 Å². The summed E-state index contributed by atoms with van der Waals surface area (Å²) < 4.78 is 13.4. The van der Waals surface area contributed by atoms with Crippen LogP contribution in [0.2, 0.25) is 5.02 Å². The smallest absolute Gasteiger partial charge is 0.230 e. The first-order valence-electron chi connectivity index (χ1n) is 9.97. The van der Waals surface area contributed by atoms with Gasteiger partial charge >= 0.3 is 0 Å². The number of amides is 1. The molecule has 30 heavy (non-hydrogen) atoms. The van der Waals surface area contributed by atoms with Crippen molar-refractivity contribution in [3.05, 3.63) is 46.4 Å². The highest BCUT2D eigenvalue weighted by molar-refractivity contribution is 6.30. The standard InChI is InChI=1S/C20H21ClN6O3/c1-12(28)26-8-6-14(7-9-26)20-22-19(24-30-20)18-16-11-29-17(10-27(16)25-23-18)13-2-4-15(21)5-3-13/h2-5,14,17H,6-11H2,1H3/t17-/m0/s1. The summed E-state index contributed by atoms with van der Waals surface area (Å²) in [5.74, 6) is 1.27. The number of carbonyl (C=O) groups is 1. The molecule has 1 fully saturated rings. The maximum absolute atomic E-state index is 11.5. The van der Waals surface area contributed by atoms with Crippen LogP contribution in [0.4, 0.5) is 0 Å². The zero-order valence-corrected chi connectivity index (χ0v) is 17.2. The van der Waals surface area contributed by atoms with E-state index in [0.717, 1.165) is 24.1 Å². The Bertz CT molecular complexity index is 1050. The van der Waals surface area contributed by atoms with E-state index in [9.17, 15) is 4.79 Å². The molecule has 1 aromatic carbocycles. The Labute approximate surface area is 178 Å². The Balaban J connectivity index is 1.31. The van der Waals surface area contributed by atoms with Gasteiger partial charge in [0.05, 0.1) is 18.8 Å². The van der Waals surface area contributed by atoms with Crippen LogP contribution in [0.1, 0.15) is 48.9 Å². The van der Waals surface area contributed by atoms with E-state index in [1.165, 1.54) is 0 Å². The minimum atomic E-state index is -0.114. The number of rotatable bonds is 3. The summed E-state index contributed by atoms with van der Waals surface area (Å²) >= 11 is 5.97. The van der Waals surface area contributed by atoms with Crippen LogP contribution >= 0.6 is 11.6 Å². The Morgan fingerprint density at radius 2 is 1.97 bits per heavy atom. The summed E-state index contributed by atoms with van der Waals surface area (Å²) in [6.07, 6.45) is 1.51. The normalized spacial score (nSPS) is 19.7. The lowest BCUT2D eigenvalue weighted by atomic mass is 9.97. The number of halogens is 1. The number of aromatic nitrogens is 5. The summed E-state index contributed by atoms with van der Waals surface area (Å²) in [6.45, 7) is 3.92. The molecule has 2 aliphatic rings. The molecule has 156 valence electrons. The SMILES string of the molecule is CC(=O)N1CCC(c2nc(-c3nnn4c3CO[C@H](c3ccc(Cl)cc3)C4)no2)CC1. The lowest BCUT2D eigenvalue weighted by molar-refractivity contribution is -0.129. The molecule has 1 atom stereocenters. The van der Waals surface area contributed by atoms with Crippen LogP contribution in [0.3, 0.4) is 0 Å². The average Bonchev–Trinajstić information content (AvgIpc) is 3.41. The summed E-state index contributed by atoms with van der Waals surface area (Å²) in [7, 11) is 0. The number of fused-ring (bicyclic) bond motifs is 1. The molecule has 1 amide bonds. The van der Waals surface area contributed by atoms with Gasteiger partial charge in [0.2, 0.25) is 17.6 Å². The van der Waals surface area contributed by atoms with Gasteiger partial charge in [0.1, 0.15) is 6.10 Å². The van der Waals surface area contributed by atoms with E-state index in [1.54, 1.807) is 6.92 Å². The van der Waals surface area contributed by atoms with E-state index in [4.69, 9.17) is 20.9 Å². The molecule has 0 radical (unpaired) electrons. The van der Waals surface area contributed by atoms with Crippen LogP contribution in [-0.4, -0.2) is 49.0 Å². The molecule has 0 saturated carbocycles. The fourth-order valence-electron chi connectivity index (χ4n) is 4.00. The largest absolute Gasteiger partial charge is 0.365 e. The number of benzene rings is 1. The quantitative estimate of drug-likeness (QED) is 0.632. The second kappa shape index (κ2) is 7.81. The Morgan fingerprint density at radius 1 is 1.20 bits per heavy atom. The molecule has 4 heterocycles. The number of ether oxygens (including phenoxy) is 1. The molecular weight excluding hydrogens is 408 g/mol. The van der Waals surface area contributed by atoms with Gasteiger partial charge in [-0.25, -0.2) is 4.68 Å². The van der Waals surface area contributed by atoms with E-state index in [0.29, 0.717) is 48.7 Å². The molecule has 2 aliphatic heterocycles. The van der Waals surface area contributed by atoms with Gasteiger partial charge in [0, 0.05) is 31.0 Å². The first kappa shape index (κ1) is 19.2. The number of piperidine rings is 1. The summed E-state index contributed by atoms with van der Waals surface area (Å²) in [5.41, 5.74) is 2.46. The second-order valence-corrected chi connectivity index (χ2v) is 8.09. The maximum atomic E-state index is 11.5. The van der Waals surface area contributed by atoms with Crippen molar-refractivity contribution in [2.24, 2.45) is 0 Å². The van der Waals surface area contributed by atoms with Crippen molar-refractivity contribution in [2.45, 2.75) is 44.9 Å². The van der Waals surface area contributed by atoms with E-state index in [2.05, 4.69) is 20.5 Å². The van der Waals surface area contributed by atoms with E-state index >= 15 is 0 Å². The third-order valence-corrected chi connectivity index (χ3v) is 6.03. The second-order valence-electron chi connectivity index (χ2n) is 7.65. The minimum absolute atomic E-state index is 0.104. The molecule has 9 nitrogen and oxygen atoms in total. The van der Waals surface area contributed by atoms with E-state index < -0.39 is 0 Å². The van der Waals surface area contributed by atoms with E-state index in [1.807, 2.05) is 33.8 Å². The van der Waals surface area contributed by atoms with Crippen molar-refractivity contribution in [3.8, 4) is 11.5 Å². The van der Waals surface area contributed by atoms with Gasteiger partial charge in [-0.3, -0.25) is 4.79 Å². The first-order chi connectivity index (χ1) is 14.6. The predicted molar refractivity (Wildman–Crippen MR) is 107 cm³/mol. The maximum Gasteiger partial charge on any atom is 0.230 e. The van der Waals surface area contributed by atoms with Crippen molar-refractivity contribution >= 4 is 17.5 Å². The van der Waals surface area contributed by atoms with Gasteiger partial charge in [-0.1, -0.05) is 34.1 Å². The summed E-state index contributed by atoms with van der Waals surface area (Å²) in [4.78, 5) is 17.9. The number of nitrogens with zero attached hydrogens (tertiary/aromatic N) is 6. The third-order valence-electron chi connectivity index (χ3n) is 5.78. The monoisotopic (exact) mass is 428 g/mol. The Kier molecular flexibility index (Phi) is 5.00. The Hall–Kier alpha value is -2.78. The van der Waals surface area contributed by atoms with Crippen molar-refractivity contribution in [1.82, 2.24) is 30.0 Å². The fraction of sp³-hybridized carbons (Fsp3) is 0.450. The van der Waals surface area contributed by atoms with E-state index in [-0.39, 0.29) is 17.9 Å². The zero-order chi connectivity index (χ0) is 20.7. The fourth-order valence-corrected chi connectivity index (χ4v) is 4.13. The minimum Gasteiger partial charge on any atom is -0.365 e. The van der Waals surface area contributed by atoms with Gasteiger partial charge in [0.15, 0.2) is 5.69 Å². The molecule has 5 rings (SSSR count). The molecule has 0 spiro atoms. The third kappa shape index (κ3) is 3.59. The highest BCUT2D eigenvalue weighted by atomic mass is 35.5. The molecule has 10 heteroatoms. The number of carbonyl (C=O) groups excluding carboxylic acids is 1. The van der Waals surface area contributed by atoms with Crippen LogP contribution in [0.25, 0.3) is 11.5 Å². The number of hydrogen-bond donors (Lipinski definition) is 0. The van der Waals surface area contributed by atoms with Crippen LogP contribution < -0.4 is 0 Å². The topological polar surface area (TPSA) is 99.2 Å². The summed E-state index contributed by atoms with van der Waals surface area (Å²) in [6, 6.07) is 7.62. The van der Waals surface area contributed by atoms with Crippen LogP contribution in [0, 0.1) is 0 Å². The van der Waals surface area contributed by atoms with Gasteiger partial charge in [0.25, 0.3) is 0 Å². The van der Waals surface area contributed by atoms with Crippen molar-refractivity contribution in [2.75, 3.05) is 13.1 Å². The molecule has 0 bridgehead atoms.